The Balaban J connectivity index is 2.60. The molecule has 1 unspecified atom stereocenters. The van der Waals surface area contributed by atoms with Crippen LogP contribution in [0.25, 0.3) is 0 Å². The van der Waals surface area contributed by atoms with Crippen LogP contribution in [0.1, 0.15) is 12.5 Å². The molecule has 20 heavy (non-hydrogen) atoms. The quantitative estimate of drug-likeness (QED) is 0.871. The smallest absolute Gasteiger partial charge is 0.408 e. The highest BCUT2D eigenvalue weighted by Crippen LogP contribution is 2.10. The van der Waals surface area contributed by atoms with Crippen LogP contribution in [0, 0.1) is 0 Å². The second-order valence-corrected chi connectivity index (χ2v) is 6.32. The summed E-state index contributed by atoms with van der Waals surface area (Å²) in [6.07, 6.45) is -4.42. The van der Waals surface area contributed by atoms with Crippen LogP contribution in [0.15, 0.2) is 30.3 Å². The van der Waals surface area contributed by atoms with Gasteiger partial charge in [0.1, 0.15) is 6.61 Å². The van der Waals surface area contributed by atoms with Gasteiger partial charge in [-0.25, -0.2) is 22.0 Å². The van der Waals surface area contributed by atoms with E-state index >= 15 is 0 Å². The topological polar surface area (TPSA) is 72.5 Å². The summed E-state index contributed by atoms with van der Waals surface area (Å²) >= 11 is 0. The molecule has 0 fully saturated rings. The summed E-state index contributed by atoms with van der Waals surface area (Å²) in [5.74, 6) is -0.499. The molecule has 0 aliphatic carbocycles. The summed E-state index contributed by atoms with van der Waals surface area (Å²) in [5.41, 5.74) is 0.662. The molecule has 0 heterocycles. The molecule has 8 heteroatoms. The molecule has 0 saturated heterocycles. The molecule has 1 aromatic carbocycles. The van der Waals surface area contributed by atoms with Gasteiger partial charge < -0.3 is 4.74 Å². The lowest BCUT2D eigenvalue weighted by molar-refractivity contribution is 0.105. The van der Waals surface area contributed by atoms with Gasteiger partial charge in [-0.1, -0.05) is 37.3 Å². The third kappa shape index (κ3) is 4.76. The van der Waals surface area contributed by atoms with E-state index < -0.39 is 33.5 Å². The van der Waals surface area contributed by atoms with Crippen molar-refractivity contribution in [2.45, 2.75) is 25.3 Å². The number of hydrogen-bond donors (Lipinski definition) is 1. The first-order valence-electron chi connectivity index (χ1n) is 5.83. The number of amides is 1. The molecule has 0 radical (unpaired) electrons. The van der Waals surface area contributed by atoms with Crippen LogP contribution >= 0.6 is 0 Å². The normalized spacial score (nSPS) is 13.0. The fourth-order valence-corrected chi connectivity index (χ4v) is 2.32. The number of benzene rings is 1. The summed E-state index contributed by atoms with van der Waals surface area (Å²) in [7, 11) is -4.10. The molecule has 1 N–H and O–H groups in total. The number of hydrogen-bond acceptors (Lipinski definition) is 4. The van der Waals surface area contributed by atoms with Crippen LogP contribution < -0.4 is 5.32 Å². The van der Waals surface area contributed by atoms with Crippen molar-refractivity contribution in [3.63, 3.8) is 0 Å². The van der Waals surface area contributed by atoms with E-state index in [0.29, 0.717) is 5.56 Å². The second-order valence-electron chi connectivity index (χ2n) is 3.91. The number of ether oxygens (including phenoxy) is 1. The van der Waals surface area contributed by atoms with Crippen LogP contribution in [0.4, 0.5) is 13.6 Å². The molecular weight excluding hydrogens is 292 g/mol. The number of halogens is 2. The third-order valence-corrected chi connectivity index (χ3v) is 4.39. The van der Waals surface area contributed by atoms with Crippen LogP contribution in [0.3, 0.4) is 0 Å². The van der Waals surface area contributed by atoms with E-state index in [1.54, 1.807) is 35.6 Å². The lowest BCUT2D eigenvalue weighted by Gasteiger charge is -2.17. The number of alkyl halides is 2. The maximum Gasteiger partial charge on any atom is 0.408 e. The van der Waals surface area contributed by atoms with Crippen LogP contribution in [-0.2, 0) is 21.2 Å². The minimum absolute atomic E-state index is 0.130. The predicted octanol–water partition coefficient (Wildman–Crippen LogP) is 1.94. The monoisotopic (exact) mass is 307 g/mol. The molecule has 0 aromatic heterocycles. The highest BCUT2D eigenvalue weighted by atomic mass is 32.2. The minimum Gasteiger partial charge on any atom is -0.445 e. The van der Waals surface area contributed by atoms with Crippen molar-refractivity contribution in [1.82, 2.24) is 5.32 Å². The summed E-state index contributed by atoms with van der Waals surface area (Å²) in [6, 6.07) is 8.58. The molecule has 0 aliphatic rings. The van der Waals surface area contributed by atoms with E-state index in [9.17, 15) is 22.0 Å². The first-order valence-corrected chi connectivity index (χ1v) is 7.55. The van der Waals surface area contributed by atoms with Crippen molar-refractivity contribution < 1.29 is 26.7 Å². The lowest BCUT2D eigenvalue weighted by Crippen LogP contribution is -2.46. The van der Waals surface area contributed by atoms with E-state index in [1.807, 2.05) is 0 Å². The van der Waals surface area contributed by atoms with Crippen molar-refractivity contribution in [1.29, 1.82) is 0 Å². The zero-order chi connectivity index (χ0) is 15.2. The molecule has 1 aromatic rings. The van der Waals surface area contributed by atoms with Crippen molar-refractivity contribution in [2.24, 2.45) is 0 Å². The van der Waals surface area contributed by atoms with Gasteiger partial charge in [0, 0.05) is 5.75 Å². The Labute approximate surface area is 115 Å². The number of nitrogens with one attached hydrogen (secondary N) is 1. The molecule has 0 bridgehead atoms. The number of alkyl carbamates (subject to hydrolysis) is 1. The summed E-state index contributed by atoms with van der Waals surface area (Å²) < 4.78 is 52.8. The van der Waals surface area contributed by atoms with Gasteiger partial charge in [0.25, 0.3) is 6.43 Å². The maximum atomic E-state index is 12.7. The first-order chi connectivity index (χ1) is 9.36. The fourth-order valence-electron chi connectivity index (χ4n) is 1.37. The SMILES string of the molecule is CCS(=O)(=O)C(NC(=O)OCc1ccccc1)C(F)F. The molecule has 1 amide bonds. The van der Waals surface area contributed by atoms with Crippen LogP contribution in [0.5, 0.6) is 0 Å². The van der Waals surface area contributed by atoms with E-state index in [0.717, 1.165) is 0 Å². The van der Waals surface area contributed by atoms with Gasteiger partial charge in [0.05, 0.1) is 0 Å². The second kappa shape index (κ2) is 7.18. The summed E-state index contributed by atoms with van der Waals surface area (Å²) in [5, 5.41) is -0.575. The Morgan fingerprint density at radius 1 is 1.30 bits per heavy atom. The van der Waals surface area contributed by atoms with Crippen molar-refractivity contribution in [2.75, 3.05) is 5.75 Å². The van der Waals surface area contributed by atoms with Gasteiger partial charge in [0.2, 0.25) is 0 Å². The summed E-state index contributed by atoms with van der Waals surface area (Å²) in [6.45, 7) is 1.09. The van der Waals surface area contributed by atoms with Crippen molar-refractivity contribution >= 4 is 15.9 Å². The van der Waals surface area contributed by atoms with Gasteiger partial charge in [0.15, 0.2) is 15.2 Å². The molecule has 1 atom stereocenters. The maximum absolute atomic E-state index is 12.7. The highest BCUT2D eigenvalue weighted by Gasteiger charge is 2.34. The van der Waals surface area contributed by atoms with Gasteiger partial charge in [-0.3, -0.25) is 5.32 Å². The third-order valence-electron chi connectivity index (χ3n) is 2.49. The number of rotatable bonds is 6. The van der Waals surface area contributed by atoms with E-state index in [-0.39, 0.29) is 6.61 Å². The summed E-state index contributed by atoms with van der Waals surface area (Å²) in [4.78, 5) is 11.4. The number of carbonyl (C=O) groups is 1. The molecule has 1 rings (SSSR count). The Morgan fingerprint density at radius 2 is 1.90 bits per heavy atom. The van der Waals surface area contributed by atoms with E-state index in [2.05, 4.69) is 0 Å². The Kier molecular flexibility index (Phi) is 5.87. The van der Waals surface area contributed by atoms with Gasteiger partial charge in [-0.05, 0) is 5.56 Å². The molecule has 0 spiro atoms. The van der Waals surface area contributed by atoms with Crippen LogP contribution in [-0.4, -0.2) is 32.1 Å². The Morgan fingerprint density at radius 3 is 2.40 bits per heavy atom. The zero-order valence-corrected chi connectivity index (χ0v) is 11.6. The predicted molar refractivity (Wildman–Crippen MR) is 69.0 cm³/mol. The van der Waals surface area contributed by atoms with Gasteiger partial charge >= 0.3 is 6.09 Å². The Bertz CT molecular complexity index is 534. The first kappa shape index (κ1) is 16.4. The van der Waals surface area contributed by atoms with Crippen molar-refractivity contribution in [3.05, 3.63) is 35.9 Å². The molecular formula is C12H15F2NO4S. The molecule has 5 nitrogen and oxygen atoms in total. The number of sulfone groups is 1. The average Bonchev–Trinajstić information content (AvgIpc) is 2.43. The minimum atomic E-state index is -4.10. The van der Waals surface area contributed by atoms with Gasteiger partial charge in [-0.15, -0.1) is 0 Å². The fraction of sp³-hybridized carbons (Fsp3) is 0.417. The molecule has 0 saturated carbocycles. The largest absolute Gasteiger partial charge is 0.445 e. The van der Waals surface area contributed by atoms with Gasteiger partial charge in [-0.2, -0.15) is 0 Å². The van der Waals surface area contributed by atoms with Crippen molar-refractivity contribution in [3.8, 4) is 0 Å². The molecule has 0 aliphatic heterocycles. The van der Waals surface area contributed by atoms with E-state index in [1.165, 1.54) is 6.92 Å². The average molecular weight is 307 g/mol. The number of carbonyl (C=O) groups excluding carboxylic acids is 1. The van der Waals surface area contributed by atoms with Crippen LogP contribution in [0.2, 0.25) is 0 Å². The Hall–Kier alpha value is -1.70. The lowest BCUT2D eigenvalue weighted by atomic mass is 10.2. The highest BCUT2D eigenvalue weighted by molar-refractivity contribution is 7.92. The molecule has 112 valence electrons. The standard InChI is InChI=1S/C12H15F2NO4S/c1-2-20(17,18)11(10(13)14)15-12(16)19-8-9-6-4-3-5-7-9/h3-7,10-11H,2,8H2,1H3,(H,15,16). The van der Waals surface area contributed by atoms with E-state index in [4.69, 9.17) is 4.74 Å². The zero-order valence-electron chi connectivity index (χ0n) is 10.8.